The molecular weight excluding hydrogens is 306 g/mol. The average molecular weight is 325 g/mol. The minimum atomic E-state index is -3.43. The topological polar surface area (TPSA) is 96.0 Å². The molecule has 0 unspecified atom stereocenters. The SMILES string of the molecule is CCS(=O)(=O)c1c(NCC2(C3CC3)CC2)sc(C#N)c1N. The Morgan fingerprint density at radius 3 is 2.62 bits per heavy atom. The van der Waals surface area contributed by atoms with Gasteiger partial charge in [0.15, 0.2) is 9.84 Å². The van der Waals surface area contributed by atoms with Crippen LogP contribution in [0, 0.1) is 22.7 Å². The average Bonchev–Trinajstić information content (AvgIpc) is 3.34. The molecule has 1 aromatic heterocycles. The van der Waals surface area contributed by atoms with Gasteiger partial charge in [0.25, 0.3) is 0 Å². The number of rotatable bonds is 6. The predicted octanol–water partition coefficient (Wildman–Crippen LogP) is 2.60. The highest BCUT2D eigenvalue weighted by atomic mass is 32.2. The molecule has 0 amide bonds. The number of nitrogens with zero attached hydrogens (tertiary/aromatic N) is 1. The van der Waals surface area contributed by atoms with E-state index in [1.807, 2.05) is 6.07 Å². The van der Waals surface area contributed by atoms with Crippen LogP contribution >= 0.6 is 11.3 Å². The summed E-state index contributed by atoms with van der Waals surface area (Å²) in [5.41, 5.74) is 6.33. The molecule has 0 aromatic carbocycles. The van der Waals surface area contributed by atoms with Crippen molar-refractivity contribution in [3.63, 3.8) is 0 Å². The summed E-state index contributed by atoms with van der Waals surface area (Å²) in [6.45, 7) is 2.38. The molecule has 0 spiro atoms. The third kappa shape index (κ3) is 2.51. The normalized spacial score (nSPS) is 20.0. The van der Waals surface area contributed by atoms with Gasteiger partial charge in [-0.2, -0.15) is 5.26 Å². The van der Waals surface area contributed by atoms with Gasteiger partial charge in [-0.3, -0.25) is 0 Å². The van der Waals surface area contributed by atoms with Crippen LogP contribution < -0.4 is 11.1 Å². The van der Waals surface area contributed by atoms with Gasteiger partial charge >= 0.3 is 0 Å². The molecule has 0 bridgehead atoms. The second-order valence-corrected chi connectivity index (χ2v) is 9.24. The number of hydrogen-bond donors (Lipinski definition) is 2. The maximum Gasteiger partial charge on any atom is 0.183 e. The van der Waals surface area contributed by atoms with Crippen LogP contribution in [0.3, 0.4) is 0 Å². The van der Waals surface area contributed by atoms with Crippen molar-refractivity contribution in [1.82, 2.24) is 0 Å². The van der Waals surface area contributed by atoms with Crippen LogP contribution in [0.25, 0.3) is 0 Å². The third-order valence-corrected chi connectivity index (χ3v) is 7.63. The first-order chi connectivity index (χ1) is 9.93. The summed E-state index contributed by atoms with van der Waals surface area (Å²) in [7, 11) is -3.43. The molecule has 0 radical (unpaired) electrons. The van der Waals surface area contributed by atoms with E-state index in [-0.39, 0.29) is 21.2 Å². The maximum atomic E-state index is 12.2. The molecule has 2 aliphatic rings. The van der Waals surface area contributed by atoms with E-state index in [4.69, 9.17) is 11.0 Å². The highest BCUT2D eigenvalue weighted by molar-refractivity contribution is 7.91. The molecule has 2 aliphatic carbocycles. The Labute approximate surface area is 129 Å². The van der Waals surface area contributed by atoms with Crippen LogP contribution in [-0.2, 0) is 9.84 Å². The number of anilines is 2. The fraction of sp³-hybridized carbons (Fsp3) is 0.643. The molecule has 21 heavy (non-hydrogen) atoms. The number of nitrogens with two attached hydrogens (primary N) is 1. The lowest BCUT2D eigenvalue weighted by molar-refractivity contribution is 0.467. The van der Waals surface area contributed by atoms with Crippen molar-refractivity contribution in [2.75, 3.05) is 23.3 Å². The fourth-order valence-corrected chi connectivity index (χ4v) is 5.38. The van der Waals surface area contributed by atoms with E-state index in [9.17, 15) is 8.42 Å². The molecule has 3 rings (SSSR count). The molecule has 0 aliphatic heterocycles. The minimum Gasteiger partial charge on any atom is -0.396 e. The molecule has 5 nitrogen and oxygen atoms in total. The second-order valence-electron chi connectivity index (χ2n) is 6.01. The molecule has 1 heterocycles. The Morgan fingerprint density at radius 2 is 2.14 bits per heavy atom. The van der Waals surface area contributed by atoms with Gasteiger partial charge in [-0.15, -0.1) is 11.3 Å². The van der Waals surface area contributed by atoms with Crippen LogP contribution in [0.15, 0.2) is 4.90 Å². The lowest BCUT2D eigenvalue weighted by Crippen LogP contribution is -2.18. The molecule has 3 N–H and O–H groups in total. The molecule has 114 valence electrons. The molecule has 1 aromatic rings. The Hall–Kier alpha value is -1.26. The highest BCUT2D eigenvalue weighted by Gasteiger charge is 2.53. The van der Waals surface area contributed by atoms with E-state index >= 15 is 0 Å². The number of hydrogen-bond acceptors (Lipinski definition) is 6. The van der Waals surface area contributed by atoms with Crippen LogP contribution in [0.4, 0.5) is 10.7 Å². The number of thiophene rings is 1. The van der Waals surface area contributed by atoms with Gasteiger partial charge in [0.2, 0.25) is 0 Å². The van der Waals surface area contributed by atoms with Crippen LogP contribution in [0.1, 0.15) is 37.5 Å². The maximum absolute atomic E-state index is 12.2. The lowest BCUT2D eigenvalue weighted by atomic mass is 10.0. The quantitative estimate of drug-likeness (QED) is 0.838. The summed E-state index contributed by atoms with van der Waals surface area (Å²) in [6, 6.07) is 1.99. The van der Waals surface area contributed by atoms with E-state index in [2.05, 4.69) is 5.32 Å². The Bertz CT molecular complexity index is 707. The second kappa shape index (κ2) is 4.89. The van der Waals surface area contributed by atoms with Gasteiger partial charge < -0.3 is 11.1 Å². The van der Waals surface area contributed by atoms with E-state index in [1.165, 1.54) is 25.7 Å². The van der Waals surface area contributed by atoms with Gasteiger partial charge in [0, 0.05) is 6.54 Å². The minimum absolute atomic E-state index is 0.0126. The first kappa shape index (κ1) is 14.7. The molecule has 2 fully saturated rings. The zero-order valence-corrected chi connectivity index (χ0v) is 13.6. The summed E-state index contributed by atoms with van der Waals surface area (Å²) in [5.74, 6) is 0.783. The van der Waals surface area contributed by atoms with Gasteiger partial charge in [-0.05, 0) is 37.0 Å². The molecular formula is C14H19N3O2S2. The molecule has 2 saturated carbocycles. The van der Waals surface area contributed by atoms with Crippen molar-refractivity contribution in [2.24, 2.45) is 11.3 Å². The van der Waals surface area contributed by atoms with E-state index in [1.54, 1.807) is 6.92 Å². The summed E-state index contributed by atoms with van der Waals surface area (Å²) >= 11 is 1.15. The molecule has 0 atom stereocenters. The Kier molecular flexibility index (Phi) is 3.41. The summed E-state index contributed by atoms with van der Waals surface area (Å²) in [5, 5.41) is 12.9. The number of sulfone groups is 1. The van der Waals surface area contributed by atoms with E-state index in [0.717, 1.165) is 23.8 Å². The Morgan fingerprint density at radius 1 is 1.48 bits per heavy atom. The van der Waals surface area contributed by atoms with Crippen molar-refractivity contribution in [1.29, 1.82) is 5.26 Å². The third-order valence-electron chi connectivity index (χ3n) is 4.63. The monoisotopic (exact) mass is 325 g/mol. The predicted molar refractivity (Wildman–Crippen MR) is 84.1 cm³/mol. The van der Waals surface area contributed by atoms with E-state index in [0.29, 0.717) is 10.4 Å². The first-order valence-electron chi connectivity index (χ1n) is 7.22. The smallest absolute Gasteiger partial charge is 0.183 e. The van der Waals surface area contributed by atoms with Gasteiger partial charge in [0.05, 0.1) is 11.4 Å². The van der Waals surface area contributed by atoms with Crippen LogP contribution in [0.5, 0.6) is 0 Å². The summed E-state index contributed by atoms with van der Waals surface area (Å²) in [6.07, 6.45) is 5.01. The van der Waals surface area contributed by atoms with Crippen molar-refractivity contribution < 1.29 is 8.42 Å². The number of nitrogens with one attached hydrogen (secondary N) is 1. The van der Waals surface area contributed by atoms with Crippen molar-refractivity contribution in [3.05, 3.63) is 4.88 Å². The zero-order chi connectivity index (χ0) is 15.3. The number of nitriles is 1. The van der Waals surface area contributed by atoms with Gasteiger partial charge in [-0.25, -0.2) is 8.42 Å². The zero-order valence-electron chi connectivity index (χ0n) is 12.0. The van der Waals surface area contributed by atoms with Crippen LogP contribution in [-0.4, -0.2) is 20.7 Å². The molecule has 7 heteroatoms. The van der Waals surface area contributed by atoms with Gasteiger partial charge in [0.1, 0.15) is 20.8 Å². The summed E-state index contributed by atoms with van der Waals surface area (Å²) < 4.78 is 24.5. The summed E-state index contributed by atoms with van der Waals surface area (Å²) in [4.78, 5) is 0.402. The Balaban J connectivity index is 1.89. The van der Waals surface area contributed by atoms with Gasteiger partial charge in [-0.1, -0.05) is 6.92 Å². The highest BCUT2D eigenvalue weighted by Crippen LogP contribution is 2.61. The van der Waals surface area contributed by atoms with Crippen molar-refractivity contribution in [2.45, 2.75) is 37.5 Å². The molecule has 0 saturated heterocycles. The lowest BCUT2D eigenvalue weighted by Gasteiger charge is -2.16. The standard InChI is InChI=1S/C14H19N3O2S2/c1-2-21(18,19)12-11(16)10(7-15)20-13(12)17-8-14(5-6-14)9-3-4-9/h9,17H,2-6,8,16H2,1H3. The fourth-order valence-electron chi connectivity index (χ4n) is 2.92. The van der Waals surface area contributed by atoms with Crippen molar-refractivity contribution >= 4 is 31.9 Å². The van der Waals surface area contributed by atoms with Crippen molar-refractivity contribution in [3.8, 4) is 6.07 Å². The first-order valence-corrected chi connectivity index (χ1v) is 9.69. The van der Waals surface area contributed by atoms with Crippen LogP contribution in [0.2, 0.25) is 0 Å². The largest absolute Gasteiger partial charge is 0.396 e. The van der Waals surface area contributed by atoms with E-state index < -0.39 is 9.84 Å². The number of nitrogen functional groups attached to an aromatic ring is 1.